The average Bonchev–Trinajstić information content (AvgIpc) is 2.34. The number of aliphatic hydroxyl groups is 1. The first-order valence-electron chi connectivity index (χ1n) is 6.15. The largest absolute Gasteiger partial charge is 0.396 e. The number of aliphatic hydroxyl groups excluding tert-OH is 1. The van der Waals surface area contributed by atoms with Gasteiger partial charge in [0.1, 0.15) is 16.7 Å². The summed E-state index contributed by atoms with van der Waals surface area (Å²) < 4.78 is 0. The Kier molecular flexibility index (Phi) is 6.96. The number of nitrogens with zero attached hydrogens (tertiary/aromatic N) is 2. The van der Waals surface area contributed by atoms with Crippen LogP contribution in [0.3, 0.4) is 0 Å². The third-order valence-corrected chi connectivity index (χ3v) is 3.01. The standard InChI is InChI=1S/C12H21N3OS/c1-3-5-10-14-11(13-6-4-2)9-12(15-10)17-8-7-16/h9,16H,3-8H2,1-2H3,(H,13,14,15). The van der Waals surface area contributed by atoms with Crippen molar-refractivity contribution in [2.24, 2.45) is 0 Å². The zero-order chi connectivity index (χ0) is 12.5. The minimum Gasteiger partial charge on any atom is -0.396 e. The summed E-state index contributed by atoms with van der Waals surface area (Å²) in [5.41, 5.74) is 0. The lowest BCUT2D eigenvalue weighted by atomic mass is 10.3. The molecule has 2 N–H and O–H groups in total. The van der Waals surface area contributed by atoms with Crippen LogP contribution in [0.4, 0.5) is 5.82 Å². The van der Waals surface area contributed by atoms with Gasteiger partial charge in [0.2, 0.25) is 0 Å². The van der Waals surface area contributed by atoms with E-state index >= 15 is 0 Å². The van der Waals surface area contributed by atoms with Crippen LogP contribution in [0.25, 0.3) is 0 Å². The summed E-state index contributed by atoms with van der Waals surface area (Å²) in [6, 6.07) is 1.95. The predicted molar refractivity (Wildman–Crippen MR) is 72.6 cm³/mol. The van der Waals surface area contributed by atoms with E-state index in [-0.39, 0.29) is 6.61 Å². The van der Waals surface area contributed by atoms with Gasteiger partial charge in [0.25, 0.3) is 0 Å². The maximum absolute atomic E-state index is 8.83. The predicted octanol–water partition coefficient (Wildman–Crippen LogP) is 2.34. The Balaban J connectivity index is 2.76. The Labute approximate surface area is 107 Å². The van der Waals surface area contributed by atoms with E-state index in [4.69, 9.17) is 5.11 Å². The van der Waals surface area contributed by atoms with E-state index in [2.05, 4.69) is 29.1 Å². The molecule has 0 radical (unpaired) electrons. The van der Waals surface area contributed by atoms with Gasteiger partial charge in [-0.25, -0.2) is 9.97 Å². The fraction of sp³-hybridized carbons (Fsp3) is 0.667. The molecule has 0 fully saturated rings. The number of thioether (sulfide) groups is 1. The Hall–Kier alpha value is -0.810. The normalized spacial score (nSPS) is 10.5. The molecule has 0 atom stereocenters. The van der Waals surface area contributed by atoms with Crippen molar-refractivity contribution in [3.63, 3.8) is 0 Å². The molecular weight excluding hydrogens is 234 g/mol. The van der Waals surface area contributed by atoms with Crippen LogP contribution in [0.5, 0.6) is 0 Å². The van der Waals surface area contributed by atoms with Crippen LogP contribution < -0.4 is 5.32 Å². The number of aryl methyl sites for hydroxylation is 1. The Morgan fingerprint density at radius 2 is 2.12 bits per heavy atom. The number of anilines is 1. The lowest BCUT2D eigenvalue weighted by Crippen LogP contribution is -2.06. The summed E-state index contributed by atoms with van der Waals surface area (Å²) in [4.78, 5) is 8.94. The molecule has 17 heavy (non-hydrogen) atoms. The highest BCUT2D eigenvalue weighted by molar-refractivity contribution is 7.99. The van der Waals surface area contributed by atoms with Gasteiger partial charge >= 0.3 is 0 Å². The molecule has 0 aliphatic carbocycles. The van der Waals surface area contributed by atoms with Crippen molar-refractivity contribution in [2.45, 2.75) is 38.1 Å². The quantitative estimate of drug-likeness (QED) is 0.551. The Bertz CT molecular complexity index is 307. The van der Waals surface area contributed by atoms with Crippen molar-refractivity contribution >= 4 is 17.6 Å². The summed E-state index contributed by atoms with van der Waals surface area (Å²) >= 11 is 1.57. The van der Waals surface area contributed by atoms with E-state index in [1.165, 1.54) is 0 Å². The van der Waals surface area contributed by atoms with Gasteiger partial charge in [0, 0.05) is 24.8 Å². The molecule has 5 heteroatoms. The topological polar surface area (TPSA) is 58.0 Å². The third-order valence-electron chi connectivity index (χ3n) is 2.12. The van der Waals surface area contributed by atoms with Crippen molar-refractivity contribution in [2.75, 3.05) is 24.2 Å². The molecule has 1 rings (SSSR count). The van der Waals surface area contributed by atoms with Crippen LogP contribution in [0, 0.1) is 0 Å². The highest BCUT2D eigenvalue weighted by atomic mass is 32.2. The van der Waals surface area contributed by atoms with E-state index in [9.17, 15) is 0 Å². The molecule has 0 aliphatic rings. The van der Waals surface area contributed by atoms with E-state index in [1.54, 1.807) is 11.8 Å². The lowest BCUT2D eigenvalue weighted by molar-refractivity contribution is 0.322. The number of aromatic nitrogens is 2. The molecule has 0 saturated heterocycles. The monoisotopic (exact) mass is 255 g/mol. The van der Waals surface area contributed by atoms with Crippen molar-refractivity contribution in [3.8, 4) is 0 Å². The first-order valence-corrected chi connectivity index (χ1v) is 7.14. The van der Waals surface area contributed by atoms with Crippen LogP contribution in [0.1, 0.15) is 32.5 Å². The molecule has 0 amide bonds. The van der Waals surface area contributed by atoms with Crippen LogP contribution in [-0.4, -0.2) is 34.0 Å². The maximum Gasteiger partial charge on any atom is 0.132 e. The van der Waals surface area contributed by atoms with Gasteiger partial charge in [0.15, 0.2) is 0 Å². The average molecular weight is 255 g/mol. The molecule has 0 saturated carbocycles. The van der Waals surface area contributed by atoms with E-state index in [0.29, 0.717) is 5.75 Å². The van der Waals surface area contributed by atoms with Gasteiger partial charge in [-0.2, -0.15) is 0 Å². The molecule has 1 aromatic rings. The minimum atomic E-state index is 0.176. The molecule has 4 nitrogen and oxygen atoms in total. The molecule has 1 aromatic heterocycles. The molecular formula is C12H21N3OS. The zero-order valence-electron chi connectivity index (χ0n) is 10.6. The van der Waals surface area contributed by atoms with Gasteiger partial charge in [-0.15, -0.1) is 11.8 Å². The van der Waals surface area contributed by atoms with E-state index in [1.807, 2.05) is 6.07 Å². The summed E-state index contributed by atoms with van der Waals surface area (Å²) in [7, 11) is 0. The lowest BCUT2D eigenvalue weighted by Gasteiger charge is -2.08. The zero-order valence-corrected chi connectivity index (χ0v) is 11.4. The molecule has 1 heterocycles. The number of rotatable bonds is 8. The number of nitrogens with one attached hydrogen (secondary N) is 1. The van der Waals surface area contributed by atoms with Gasteiger partial charge in [-0.1, -0.05) is 13.8 Å². The first kappa shape index (κ1) is 14.3. The second-order valence-electron chi connectivity index (χ2n) is 3.76. The fourth-order valence-electron chi connectivity index (χ4n) is 1.38. The Morgan fingerprint density at radius 1 is 1.29 bits per heavy atom. The minimum absolute atomic E-state index is 0.176. The smallest absolute Gasteiger partial charge is 0.132 e. The van der Waals surface area contributed by atoms with Gasteiger partial charge in [-0.05, 0) is 12.8 Å². The SMILES string of the molecule is CCCNc1cc(SCCO)nc(CCC)n1. The van der Waals surface area contributed by atoms with Crippen LogP contribution >= 0.6 is 11.8 Å². The number of hydrogen-bond acceptors (Lipinski definition) is 5. The Morgan fingerprint density at radius 3 is 2.76 bits per heavy atom. The van der Waals surface area contributed by atoms with Crippen LogP contribution in [-0.2, 0) is 6.42 Å². The molecule has 0 unspecified atom stereocenters. The van der Waals surface area contributed by atoms with Crippen molar-refractivity contribution < 1.29 is 5.11 Å². The van der Waals surface area contributed by atoms with E-state index < -0.39 is 0 Å². The maximum atomic E-state index is 8.83. The van der Waals surface area contributed by atoms with Crippen LogP contribution in [0.15, 0.2) is 11.1 Å². The first-order chi connectivity index (χ1) is 8.30. The van der Waals surface area contributed by atoms with Gasteiger partial charge in [0.05, 0.1) is 6.61 Å². The van der Waals surface area contributed by atoms with Crippen molar-refractivity contribution in [3.05, 3.63) is 11.9 Å². The fourth-order valence-corrected chi connectivity index (χ4v) is 2.04. The van der Waals surface area contributed by atoms with Gasteiger partial charge < -0.3 is 10.4 Å². The highest BCUT2D eigenvalue weighted by Crippen LogP contribution is 2.18. The summed E-state index contributed by atoms with van der Waals surface area (Å²) in [6.07, 6.45) is 3.02. The highest BCUT2D eigenvalue weighted by Gasteiger charge is 2.04. The molecule has 0 spiro atoms. The second kappa shape index (κ2) is 8.31. The summed E-state index contributed by atoms with van der Waals surface area (Å²) in [6.45, 7) is 5.35. The summed E-state index contributed by atoms with van der Waals surface area (Å²) in [5.74, 6) is 2.45. The molecule has 96 valence electrons. The number of hydrogen-bond donors (Lipinski definition) is 2. The second-order valence-corrected chi connectivity index (χ2v) is 4.87. The van der Waals surface area contributed by atoms with Gasteiger partial charge in [-0.3, -0.25) is 0 Å². The molecule has 0 aliphatic heterocycles. The van der Waals surface area contributed by atoms with Crippen molar-refractivity contribution in [1.82, 2.24) is 9.97 Å². The van der Waals surface area contributed by atoms with Crippen LogP contribution in [0.2, 0.25) is 0 Å². The van der Waals surface area contributed by atoms with Crippen molar-refractivity contribution in [1.29, 1.82) is 0 Å². The van der Waals surface area contributed by atoms with E-state index in [0.717, 1.165) is 42.5 Å². The molecule has 0 bridgehead atoms. The summed E-state index contributed by atoms with van der Waals surface area (Å²) in [5, 5.41) is 13.1. The molecule has 0 aromatic carbocycles. The third kappa shape index (κ3) is 5.37.